The molecule has 0 amide bonds. The molecule has 0 saturated carbocycles. The second-order valence-electron chi connectivity index (χ2n) is 4.40. The van der Waals surface area contributed by atoms with Crippen molar-refractivity contribution in [2.75, 3.05) is 0 Å². The van der Waals surface area contributed by atoms with Crippen LogP contribution in [0.1, 0.15) is 48.0 Å². The first-order chi connectivity index (χ1) is 7.58. The third kappa shape index (κ3) is 2.05. The highest BCUT2D eigenvalue weighted by atomic mass is 16.4. The fraction of sp³-hybridized carbons (Fsp3) is 0.583. The number of carboxylic acid groups (broad SMARTS) is 1. The molecule has 0 aliphatic heterocycles. The summed E-state index contributed by atoms with van der Waals surface area (Å²) in [5.74, 6) is 0.145. The van der Waals surface area contributed by atoms with E-state index in [2.05, 4.69) is 9.97 Å². The summed E-state index contributed by atoms with van der Waals surface area (Å²) in [6.45, 7) is 3.84. The van der Waals surface area contributed by atoms with Crippen LogP contribution in [-0.4, -0.2) is 21.0 Å². The second-order valence-corrected chi connectivity index (χ2v) is 4.40. The van der Waals surface area contributed by atoms with E-state index in [1.165, 1.54) is 0 Å². The first-order valence-electron chi connectivity index (χ1n) is 5.63. The third-order valence-electron chi connectivity index (χ3n) is 3.12. The molecule has 0 fully saturated rings. The van der Waals surface area contributed by atoms with E-state index in [1.807, 2.05) is 13.8 Å². The van der Waals surface area contributed by atoms with Crippen LogP contribution < -0.4 is 0 Å². The van der Waals surface area contributed by atoms with E-state index < -0.39 is 5.97 Å². The topological polar surface area (TPSA) is 63.1 Å². The van der Waals surface area contributed by atoms with Gasteiger partial charge in [-0.05, 0) is 44.6 Å². The monoisotopic (exact) mass is 220 g/mol. The minimum absolute atomic E-state index is 0.0989. The van der Waals surface area contributed by atoms with E-state index in [1.54, 1.807) is 0 Å². The number of nitrogens with zero attached hydrogens (tertiary/aromatic N) is 2. The van der Waals surface area contributed by atoms with Crippen LogP contribution in [0.15, 0.2) is 0 Å². The molecule has 4 heteroatoms. The average molecular weight is 220 g/mol. The van der Waals surface area contributed by atoms with Crippen molar-refractivity contribution in [2.45, 2.75) is 45.4 Å². The van der Waals surface area contributed by atoms with Crippen LogP contribution in [-0.2, 0) is 11.2 Å². The molecule has 0 aromatic carbocycles. The molecule has 0 saturated heterocycles. The van der Waals surface area contributed by atoms with Crippen LogP contribution in [0.5, 0.6) is 0 Å². The SMILES string of the molecule is Cc1nc(C)c2c(n1)CCCC2CC(=O)O. The maximum atomic E-state index is 10.8. The molecule has 1 aromatic rings. The predicted molar refractivity (Wildman–Crippen MR) is 59.4 cm³/mol. The van der Waals surface area contributed by atoms with Crippen molar-refractivity contribution in [3.05, 3.63) is 22.8 Å². The Hall–Kier alpha value is -1.45. The van der Waals surface area contributed by atoms with Crippen LogP contribution in [0, 0.1) is 13.8 Å². The van der Waals surface area contributed by atoms with Gasteiger partial charge in [0.15, 0.2) is 0 Å². The van der Waals surface area contributed by atoms with Gasteiger partial charge in [-0.1, -0.05) is 0 Å². The van der Waals surface area contributed by atoms with Crippen LogP contribution in [0.4, 0.5) is 0 Å². The summed E-state index contributed by atoms with van der Waals surface area (Å²) in [7, 11) is 0. The van der Waals surface area contributed by atoms with Crippen LogP contribution in [0.2, 0.25) is 0 Å². The first kappa shape index (κ1) is 11.0. The van der Waals surface area contributed by atoms with Gasteiger partial charge in [-0.2, -0.15) is 0 Å². The summed E-state index contributed by atoms with van der Waals surface area (Å²) < 4.78 is 0. The Balaban J connectivity index is 2.41. The van der Waals surface area contributed by atoms with Gasteiger partial charge in [0.1, 0.15) is 5.82 Å². The van der Waals surface area contributed by atoms with E-state index in [4.69, 9.17) is 5.11 Å². The molecule has 1 unspecified atom stereocenters. The van der Waals surface area contributed by atoms with Gasteiger partial charge >= 0.3 is 5.97 Å². The Morgan fingerprint density at radius 1 is 1.44 bits per heavy atom. The van der Waals surface area contributed by atoms with Crippen molar-refractivity contribution >= 4 is 5.97 Å². The lowest BCUT2D eigenvalue weighted by Gasteiger charge is -2.25. The molecule has 86 valence electrons. The summed E-state index contributed by atoms with van der Waals surface area (Å²) in [6, 6.07) is 0. The Labute approximate surface area is 94.7 Å². The summed E-state index contributed by atoms with van der Waals surface area (Å²) in [4.78, 5) is 19.6. The zero-order valence-corrected chi connectivity index (χ0v) is 9.66. The van der Waals surface area contributed by atoms with Crippen LogP contribution in [0.3, 0.4) is 0 Å². The normalized spacial score (nSPS) is 19.2. The van der Waals surface area contributed by atoms with Gasteiger partial charge in [-0.3, -0.25) is 4.79 Å². The summed E-state index contributed by atoms with van der Waals surface area (Å²) >= 11 is 0. The number of aliphatic carboxylic acids is 1. The van der Waals surface area contributed by atoms with Crippen LogP contribution in [0.25, 0.3) is 0 Å². The van der Waals surface area contributed by atoms with Gasteiger partial charge in [-0.25, -0.2) is 9.97 Å². The molecule has 1 aliphatic carbocycles. The Kier molecular flexibility index (Phi) is 2.90. The van der Waals surface area contributed by atoms with Crippen molar-refractivity contribution in [2.24, 2.45) is 0 Å². The number of carboxylic acids is 1. The summed E-state index contributed by atoms with van der Waals surface area (Å²) in [5.41, 5.74) is 3.09. The van der Waals surface area contributed by atoms with Crippen molar-refractivity contribution in [3.8, 4) is 0 Å². The lowest BCUT2D eigenvalue weighted by Crippen LogP contribution is -2.18. The largest absolute Gasteiger partial charge is 0.481 e. The van der Waals surface area contributed by atoms with Gasteiger partial charge in [0.05, 0.1) is 6.42 Å². The fourth-order valence-corrected chi connectivity index (χ4v) is 2.59. The smallest absolute Gasteiger partial charge is 0.303 e. The highest BCUT2D eigenvalue weighted by Crippen LogP contribution is 2.34. The van der Waals surface area contributed by atoms with E-state index in [0.29, 0.717) is 0 Å². The van der Waals surface area contributed by atoms with Gasteiger partial charge < -0.3 is 5.11 Å². The number of aromatic nitrogens is 2. The summed E-state index contributed by atoms with van der Waals surface area (Å²) in [5, 5.41) is 8.90. The molecule has 0 spiro atoms. The Morgan fingerprint density at radius 3 is 2.88 bits per heavy atom. The number of hydrogen-bond acceptors (Lipinski definition) is 3. The Morgan fingerprint density at radius 2 is 2.19 bits per heavy atom. The van der Waals surface area contributed by atoms with Crippen molar-refractivity contribution < 1.29 is 9.90 Å². The molecule has 1 aromatic heterocycles. The van der Waals surface area contributed by atoms with E-state index >= 15 is 0 Å². The third-order valence-corrected chi connectivity index (χ3v) is 3.12. The quantitative estimate of drug-likeness (QED) is 0.827. The molecule has 1 aliphatic rings. The maximum Gasteiger partial charge on any atom is 0.303 e. The predicted octanol–water partition coefficient (Wildman–Crippen LogP) is 1.99. The number of hydrogen-bond donors (Lipinski definition) is 1. The Bertz CT molecular complexity index is 429. The van der Waals surface area contributed by atoms with E-state index in [0.717, 1.165) is 42.0 Å². The highest BCUT2D eigenvalue weighted by molar-refractivity contribution is 5.68. The second kappa shape index (κ2) is 4.20. The van der Waals surface area contributed by atoms with E-state index in [9.17, 15) is 4.79 Å². The molecular weight excluding hydrogens is 204 g/mol. The molecule has 0 radical (unpaired) electrons. The van der Waals surface area contributed by atoms with Crippen LogP contribution >= 0.6 is 0 Å². The molecule has 16 heavy (non-hydrogen) atoms. The standard InChI is InChI=1S/C12H16N2O2/c1-7-12-9(6-11(15)16)4-3-5-10(12)14-8(2)13-7/h9H,3-6H2,1-2H3,(H,15,16). The van der Waals surface area contributed by atoms with Gasteiger partial charge in [0, 0.05) is 11.4 Å². The lowest BCUT2D eigenvalue weighted by molar-refractivity contribution is -0.137. The first-order valence-corrected chi connectivity index (χ1v) is 5.63. The molecule has 2 rings (SSSR count). The minimum atomic E-state index is -0.738. The number of rotatable bonds is 2. The van der Waals surface area contributed by atoms with Crippen molar-refractivity contribution in [3.63, 3.8) is 0 Å². The average Bonchev–Trinajstić information content (AvgIpc) is 2.15. The molecule has 1 atom stereocenters. The number of aryl methyl sites for hydroxylation is 3. The van der Waals surface area contributed by atoms with Gasteiger partial charge in [-0.15, -0.1) is 0 Å². The van der Waals surface area contributed by atoms with Crippen molar-refractivity contribution in [1.82, 2.24) is 9.97 Å². The zero-order valence-electron chi connectivity index (χ0n) is 9.66. The fourth-order valence-electron chi connectivity index (χ4n) is 2.59. The molecule has 0 bridgehead atoms. The van der Waals surface area contributed by atoms with Gasteiger partial charge in [0.2, 0.25) is 0 Å². The number of carbonyl (C=O) groups is 1. The molecule has 1 N–H and O–H groups in total. The van der Waals surface area contributed by atoms with Crippen molar-refractivity contribution in [1.29, 1.82) is 0 Å². The maximum absolute atomic E-state index is 10.8. The van der Waals surface area contributed by atoms with Gasteiger partial charge in [0.25, 0.3) is 0 Å². The molecular formula is C12H16N2O2. The zero-order chi connectivity index (χ0) is 11.7. The number of fused-ring (bicyclic) bond motifs is 1. The lowest BCUT2D eigenvalue weighted by atomic mass is 9.82. The highest BCUT2D eigenvalue weighted by Gasteiger charge is 2.26. The minimum Gasteiger partial charge on any atom is -0.481 e. The molecule has 4 nitrogen and oxygen atoms in total. The summed E-state index contributed by atoms with van der Waals surface area (Å²) in [6.07, 6.45) is 3.11. The molecule has 1 heterocycles. The van der Waals surface area contributed by atoms with E-state index in [-0.39, 0.29) is 12.3 Å².